The maximum Gasteiger partial charge on any atom is 0.143 e. The molecule has 4 heteroatoms. The third kappa shape index (κ3) is 2.68. The molecule has 90 valence electrons. The molecule has 0 aliphatic carbocycles. The molecular weight excluding hydrogens is 254 g/mol. The van der Waals surface area contributed by atoms with Gasteiger partial charge in [-0.15, -0.1) is 11.3 Å². The van der Waals surface area contributed by atoms with Gasteiger partial charge in [-0.05, 0) is 25.5 Å². The molecule has 2 rings (SSSR count). The normalized spacial score (nSPS) is 10.8. The first kappa shape index (κ1) is 12.6. The van der Waals surface area contributed by atoms with Gasteiger partial charge in [0.15, 0.2) is 0 Å². The minimum atomic E-state index is 0.105. The van der Waals surface area contributed by atoms with Crippen LogP contribution in [0.1, 0.15) is 16.0 Å². The van der Waals surface area contributed by atoms with Crippen LogP contribution in [0.4, 0.5) is 0 Å². The molecule has 0 bridgehead atoms. The fourth-order valence-electron chi connectivity index (χ4n) is 1.67. The van der Waals surface area contributed by atoms with E-state index in [2.05, 4.69) is 37.0 Å². The smallest absolute Gasteiger partial charge is 0.143 e. The van der Waals surface area contributed by atoms with E-state index in [0.717, 1.165) is 15.4 Å². The van der Waals surface area contributed by atoms with Crippen LogP contribution in [0.5, 0.6) is 0 Å². The van der Waals surface area contributed by atoms with Crippen LogP contribution in [-0.4, -0.2) is 16.7 Å². The molecule has 0 saturated heterocycles. The highest BCUT2D eigenvalue weighted by Crippen LogP contribution is 2.33. The van der Waals surface area contributed by atoms with Crippen LogP contribution in [0.2, 0.25) is 5.15 Å². The SMILES string of the molecule is Cc1ccc(C)c(-c2nc(Cl)c(CCO)s2)c1. The Labute approximate surface area is 110 Å². The zero-order valence-corrected chi connectivity index (χ0v) is 11.4. The van der Waals surface area contributed by atoms with E-state index in [0.29, 0.717) is 11.6 Å². The van der Waals surface area contributed by atoms with Crippen LogP contribution in [0.15, 0.2) is 18.2 Å². The highest BCUT2D eigenvalue weighted by Gasteiger charge is 2.12. The van der Waals surface area contributed by atoms with E-state index in [-0.39, 0.29) is 6.61 Å². The second-order valence-corrected chi connectivity index (χ2v) is 5.47. The van der Waals surface area contributed by atoms with Crippen molar-refractivity contribution in [2.24, 2.45) is 0 Å². The van der Waals surface area contributed by atoms with E-state index in [9.17, 15) is 0 Å². The van der Waals surface area contributed by atoms with Gasteiger partial charge in [0.2, 0.25) is 0 Å². The van der Waals surface area contributed by atoms with Crippen LogP contribution in [0.3, 0.4) is 0 Å². The lowest BCUT2D eigenvalue weighted by Gasteiger charge is -2.02. The average molecular weight is 268 g/mol. The summed E-state index contributed by atoms with van der Waals surface area (Å²) in [5.74, 6) is 0. The van der Waals surface area contributed by atoms with Crippen LogP contribution in [-0.2, 0) is 6.42 Å². The van der Waals surface area contributed by atoms with Gasteiger partial charge in [-0.2, -0.15) is 0 Å². The monoisotopic (exact) mass is 267 g/mol. The van der Waals surface area contributed by atoms with Crippen LogP contribution in [0.25, 0.3) is 10.6 Å². The second-order valence-electron chi connectivity index (χ2n) is 4.02. The summed E-state index contributed by atoms with van der Waals surface area (Å²) in [5, 5.41) is 10.4. The standard InChI is InChI=1S/C13H14ClNOS/c1-8-3-4-9(2)10(7-8)13-15-12(14)11(17-13)5-6-16/h3-4,7,16H,5-6H2,1-2H3. The van der Waals surface area contributed by atoms with E-state index in [1.54, 1.807) is 11.3 Å². The van der Waals surface area contributed by atoms with Gasteiger partial charge in [-0.1, -0.05) is 29.3 Å². The molecule has 0 aliphatic heterocycles. The average Bonchev–Trinajstić information content (AvgIpc) is 2.64. The minimum Gasteiger partial charge on any atom is -0.396 e. The molecular formula is C13H14ClNOS. The lowest BCUT2D eigenvalue weighted by Crippen LogP contribution is -1.86. The summed E-state index contributed by atoms with van der Waals surface area (Å²) in [6, 6.07) is 6.29. The van der Waals surface area contributed by atoms with Crippen LogP contribution < -0.4 is 0 Å². The summed E-state index contributed by atoms with van der Waals surface area (Å²) in [6.45, 7) is 4.23. The summed E-state index contributed by atoms with van der Waals surface area (Å²) >= 11 is 7.61. The fraction of sp³-hybridized carbons (Fsp3) is 0.308. The molecule has 0 unspecified atom stereocenters. The molecule has 0 spiro atoms. The number of benzene rings is 1. The van der Waals surface area contributed by atoms with Gasteiger partial charge in [0.05, 0.1) is 0 Å². The Morgan fingerprint density at radius 1 is 1.35 bits per heavy atom. The van der Waals surface area contributed by atoms with Crippen molar-refractivity contribution in [1.82, 2.24) is 4.98 Å². The largest absolute Gasteiger partial charge is 0.396 e. The number of thiazole rings is 1. The number of rotatable bonds is 3. The van der Waals surface area contributed by atoms with E-state index in [1.807, 2.05) is 0 Å². The number of aliphatic hydroxyl groups excluding tert-OH is 1. The van der Waals surface area contributed by atoms with Gasteiger partial charge in [0.25, 0.3) is 0 Å². The molecule has 0 fully saturated rings. The Hall–Kier alpha value is -0.900. The van der Waals surface area contributed by atoms with Crippen LogP contribution in [0, 0.1) is 13.8 Å². The van der Waals surface area contributed by atoms with E-state index >= 15 is 0 Å². The summed E-state index contributed by atoms with van der Waals surface area (Å²) in [4.78, 5) is 5.32. The summed E-state index contributed by atoms with van der Waals surface area (Å²) < 4.78 is 0. The topological polar surface area (TPSA) is 33.1 Å². The maximum absolute atomic E-state index is 8.94. The third-order valence-electron chi connectivity index (χ3n) is 2.61. The van der Waals surface area contributed by atoms with E-state index in [4.69, 9.17) is 16.7 Å². The molecule has 1 heterocycles. The van der Waals surface area contributed by atoms with Gasteiger partial charge in [0, 0.05) is 23.5 Å². The molecule has 17 heavy (non-hydrogen) atoms. The first-order chi connectivity index (χ1) is 8.11. The zero-order valence-electron chi connectivity index (χ0n) is 9.83. The Balaban J connectivity index is 2.45. The number of aryl methyl sites for hydroxylation is 2. The number of hydrogen-bond donors (Lipinski definition) is 1. The Morgan fingerprint density at radius 3 is 2.82 bits per heavy atom. The predicted octanol–water partition coefficient (Wildman–Crippen LogP) is 3.62. The molecule has 2 aromatic rings. The fourth-order valence-corrected chi connectivity index (χ4v) is 3.04. The van der Waals surface area contributed by atoms with Crippen LogP contribution >= 0.6 is 22.9 Å². The molecule has 1 aromatic heterocycles. The highest BCUT2D eigenvalue weighted by atomic mass is 35.5. The Kier molecular flexibility index (Phi) is 3.82. The van der Waals surface area contributed by atoms with Gasteiger partial charge in [0.1, 0.15) is 10.2 Å². The zero-order chi connectivity index (χ0) is 12.4. The number of hydrogen-bond acceptors (Lipinski definition) is 3. The van der Waals surface area contributed by atoms with Gasteiger partial charge >= 0.3 is 0 Å². The first-order valence-electron chi connectivity index (χ1n) is 5.45. The quantitative estimate of drug-likeness (QED) is 0.922. The van der Waals surface area contributed by atoms with E-state index < -0.39 is 0 Å². The second kappa shape index (κ2) is 5.17. The van der Waals surface area contributed by atoms with Crippen molar-refractivity contribution < 1.29 is 5.11 Å². The number of nitrogens with zero attached hydrogens (tertiary/aromatic N) is 1. The number of aromatic nitrogens is 1. The highest BCUT2D eigenvalue weighted by molar-refractivity contribution is 7.15. The molecule has 0 amide bonds. The Bertz CT molecular complexity index is 536. The molecule has 0 saturated carbocycles. The van der Waals surface area contributed by atoms with Crippen molar-refractivity contribution >= 4 is 22.9 Å². The lowest BCUT2D eigenvalue weighted by atomic mass is 10.1. The molecule has 0 aliphatic rings. The molecule has 0 radical (unpaired) electrons. The molecule has 1 aromatic carbocycles. The minimum absolute atomic E-state index is 0.105. The maximum atomic E-state index is 8.94. The van der Waals surface area contributed by atoms with Crippen molar-refractivity contribution in [3.05, 3.63) is 39.4 Å². The van der Waals surface area contributed by atoms with Crippen molar-refractivity contribution in [1.29, 1.82) is 0 Å². The summed E-state index contributed by atoms with van der Waals surface area (Å²) in [6.07, 6.45) is 0.571. The molecule has 1 N–H and O–H groups in total. The molecule has 2 nitrogen and oxygen atoms in total. The van der Waals surface area contributed by atoms with Crippen molar-refractivity contribution in [2.45, 2.75) is 20.3 Å². The first-order valence-corrected chi connectivity index (χ1v) is 6.65. The number of halogens is 1. The van der Waals surface area contributed by atoms with Gasteiger partial charge in [-0.25, -0.2) is 4.98 Å². The summed E-state index contributed by atoms with van der Waals surface area (Å²) in [5.41, 5.74) is 3.53. The van der Waals surface area contributed by atoms with Gasteiger partial charge in [-0.3, -0.25) is 0 Å². The predicted molar refractivity (Wildman–Crippen MR) is 72.8 cm³/mol. The van der Waals surface area contributed by atoms with E-state index in [1.165, 1.54) is 11.1 Å². The lowest BCUT2D eigenvalue weighted by molar-refractivity contribution is 0.300. The van der Waals surface area contributed by atoms with Crippen molar-refractivity contribution in [2.75, 3.05) is 6.61 Å². The summed E-state index contributed by atoms with van der Waals surface area (Å²) in [7, 11) is 0. The van der Waals surface area contributed by atoms with Crippen molar-refractivity contribution in [3.8, 4) is 10.6 Å². The third-order valence-corrected chi connectivity index (χ3v) is 4.19. The molecule has 0 atom stereocenters. The van der Waals surface area contributed by atoms with Crippen molar-refractivity contribution in [3.63, 3.8) is 0 Å². The Morgan fingerprint density at radius 2 is 2.12 bits per heavy atom. The number of aliphatic hydroxyl groups is 1. The van der Waals surface area contributed by atoms with Gasteiger partial charge < -0.3 is 5.11 Å².